The predicted molar refractivity (Wildman–Crippen MR) is 72.1 cm³/mol. The number of rotatable bonds is 5. The number of aryl methyl sites for hydroxylation is 1. The van der Waals surface area contributed by atoms with Crippen LogP contribution in [0, 0.1) is 5.92 Å². The third kappa shape index (κ3) is 4.16. The number of hydrogen-bond donors (Lipinski definition) is 0. The zero-order valence-electron chi connectivity index (χ0n) is 11.0. The number of hydrogen-bond acceptors (Lipinski definition) is 1. The van der Waals surface area contributed by atoms with Crippen molar-refractivity contribution in [1.82, 2.24) is 0 Å². The topological polar surface area (TPSA) is 9.23 Å². The average Bonchev–Trinajstić information content (AvgIpc) is 2.40. The lowest BCUT2D eigenvalue weighted by Crippen LogP contribution is -2.13. The molecule has 0 saturated heterocycles. The Balaban J connectivity index is 1.73. The van der Waals surface area contributed by atoms with Gasteiger partial charge in [0, 0.05) is 6.61 Å². The van der Waals surface area contributed by atoms with E-state index in [4.69, 9.17) is 4.74 Å². The van der Waals surface area contributed by atoms with E-state index in [1.54, 1.807) is 0 Å². The van der Waals surface area contributed by atoms with E-state index in [1.165, 1.54) is 43.2 Å². The molecule has 0 atom stereocenters. The molecule has 1 aliphatic carbocycles. The van der Waals surface area contributed by atoms with E-state index in [1.807, 2.05) is 0 Å². The summed E-state index contributed by atoms with van der Waals surface area (Å²) in [6.45, 7) is 3.93. The highest BCUT2D eigenvalue weighted by molar-refractivity contribution is 5.22. The Hall–Kier alpha value is -0.820. The van der Waals surface area contributed by atoms with Crippen molar-refractivity contribution in [2.24, 2.45) is 5.92 Å². The minimum absolute atomic E-state index is 0.782. The Bertz CT molecular complexity index is 326. The summed E-state index contributed by atoms with van der Waals surface area (Å²) in [7, 11) is 0. The normalized spacial score (nSPS) is 17.2. The van der Waals surface area contributed by atoms with Gasteiger partial charge in [0.15, 0.2) is 0 Å². The minimum Gasteiger partial charge on any atom is -0.376 e. The molecular weight excluding hydrogens is 208 g/mol. The first-order valence-electron chi connectivity index (χ1n) is 7.04. The van der Waals surface area contributed by atoms with Crippen LogP contribution in [-0.4, -0.2) is 6.61 Å². The average molecular weight is 232 g/mol. The molecule has 0 N–H and O–H groups in total. The molecule has 0 aromatic heterocycles. The van der Waals surface area contributed by atoms with Gasteiger partial charge in [-0.3, -0.25) is 0 Å². The van der Waals surface area contributed by atoms with E-state index < -0.39 is 0 Å². The first-order chi connectivity index (χ1) is 8.38. The summed E-state index contributed by atoms with van der Waals surface area (Å²) in [4.78, 5) is 0. The van der Waals surface area contributed by atoms with Gasteiger partial charge >= 0.3 is 0 Å². The zero-order chi connectivity index (χ0) is 11.9. The highest BCUT2D eigenvalue weighted by Gasteiger charge is 2.13. The van der Waals surface area contributed by atoms with Crippen LogP contribution in [0.5, 0.6) is 0 Å². The van der Waals surface area contributed by atoms with Gasteiger partial charge in [-0.1, -0.05) is 50.5 Å². The molecule has 1 aliphatic rings. The fourth-order valence-corrected chi connectivity index (χ4v) is 2.64. The Labute approximate surface area is 105 Å². The van der Waals surface area contributed by atoms with Crippen molar-refractivity contribution in [3.05, 3.63) is 35.4 Å². The maximum Gasteiger partial charge on any atom is 0.0717 e. The van der Waals surface area contributed by atoms with Gasteiger partial charge in [0.2, 0.25) is 0 Å². The molecule has 0 unspecified atom stereocenters. The van der Waals surface area contributed by atoms with Crippen molar-refractivity contribution in [3.63, 3.8) is 0 Å². The summed E-state index contributed by atoms with van der Waals surface area (Å²) >= 11 is 0. The molecule has 2 rings (SSSR count). The van der Waals surface area contributed by atoms with Crippen molar-refractivity contribution in [2.45, 2.75) is 52.1 Å². The summed E-state index contributed by atoms with van der Waals surface area (Å²) in [6, 6.07) is 8.75. The molecule has 1 fully saturated rings. The van der Waals surface area contributed by atoms with Crippen molar-refractivity contribution >= 4 is 0 Å². The lowest BCUT2D eigenvalue weighted by atomic mass is 9.90. The summed E-state index contributed by atoms with van der Waals surface area (Å²) < 4.78 is 5.86. The Morgan fingerprint density at radius 1 is 1.12 bits per heavy atom. The largest absolute Gasteiger partial charge is 0.376 e. The molecule has 0 bridgehead atoms. The Morgan fingerprint density at radius 2 is 1.88 bits per heavy atom. The van der Waals surface area contributed by atoms with Gasteiger partial charge in [-0.2, -0.15) is 0 Å². The molecular formula is C16H24O. The zero-order valence-corrected chi connectivity index (χ0v) is 11.0. The monoisotopic (exact) mass is 232 g/mol. The maximum atomic E-state index is 5.86. The van der Waals surface area contributed by atoms with Crippen LogP contribution in [0.4, 0.5) is 0 Å². The predicted octanol–water partition coefficient (Wildman–Crippen LogP) is 4.35. The van der Waals surface area contributed by atoms with Crippen LogP contribution >= 0.6 is 0 Å². The van der Waals surface area contributed by atoms with Gasteiger partial charge in [0.1, 0.15) is 0 Å². The van der Waals surface area contributed by atoms with Gasteiger partial charge in [0.25, 0.3) is 0 Å². The standard InChI is InChI=1S/C16H24O/c1-2-14-9-6-10-16(11-14)13-17-12-15-7-4-3-5-8-15/h6,9-11,15H,2-5,7-8,12-13H2,1H3. The van der Waals surface area contributed by atoms with E-state index >= 15 is 0 Å². The molecule has 94 valence electrons. The number of ether oxygens (including phenoxy) is 1. The molecule has 0 amide bonds. The van der Waals surface area contributed by atoms with Gasteiger partial charge in [-0.25, -0.2) is 0 Å². The van der Waals surface area contributed by atoms with Crippen LogP contribution in [0.3, 0.4) is 0 Å². The number of benzene rings is 1. The molecule has 0 aliphatic heterocycles. The van der Waals surface area contributed by atoms with Crippen molar-refractivity contribution in [1.29, 1.82) is 0 Å². The smallest absolute Gasteiger partial charge is 0.0717 e. The molecule has 17 heavy (non-hydrogen) atoms. The molecule has 0 heterocycles. The minimum atomic E-state index is 0.782. The molecule has 1 aromatic carbocycles. The highest BCUT2D eigenvalue weighted by Crippen LogP contribution is 2.24. The summed E-state index contributed by atoms with van der Waals surface area (Å²) in [5.41, 5.74) is 2.73. The van der Waals surface area contributed by atoms with Crippen LogP contribution in [0.25, 0.3) is 0 Å². The van der Waals surface area contributed by atoms with Crippen molar-refractivity contribution in [3.8, 4) is 0 Å². The van der Waals surface area contributed by atoms with E-state index in [0.29, 0.717) is 0 Å². The van der Waals surface area contributed by atoms with E-state index in [-0.39, 0.29) is 0 Å². The highest BCUT2D eigenvalue weighted by atomic mass is 16.5. The molecule has 0 radical (unpaired) electrons. The molecule has 0 spiro atoms. The first kappa shape index (κ1) is 12.6. The third-order valence-electron chi connectivity index (χ3n) is 3.75. The van der Waals surface area contributed by atoms with E-state index in [2.05, 4.69) is 31.2 Å². The van der Waals surface area contributed by atoms with Crippen LogP contribution in [0.2, 0.25) is 0 Å². The lowest BCUT2D eigenvalue weighted by molar-refractivity contribution is 0.0739. The van der Waals surface area contributed by atoms with Gasteiger partial charge in [0.05, 0.1) is 6.61 Å². The Kier molecular flexibility index (Phi) is 5.06. The summed E-state index contributed by atoms with van der Waals surface area (Å²) in [6.07, 6.45) is 8.08. The third-order valence-corrected chi connectivity index (χ3v) is 3.75. The van der Waals surface area contributed by atoms with E-state index in [0.717, 1.165) is 25.6 Å². The second kappa shape index (κ2) is 6.80. The fraction of sp³-hybridized carbons (Fsp3) is 0.625. The second-order valence-electron chi connectivity index (χ2n) is 5.19. The first-order valence-corrected chi connectivity index (χ1v) is 7.04. The summed E-state index contributed by atoms with van der Waals surface area (Å²) in [5, 5.41) is 0. The van der Waals surface area contributed by atoms with Crippen LogP contribution < -0.4 is 0 Å². The fourth-order valence-electron chi connectivity index (χ4n) is 2.64. The van der Waals surface area contributed by atoms with Crippen LogP contribution in [-0.2, 0) is 17.8 Å². The van der Waals surface area contributed by atoms with Gasteiger partial charge in [-0.05, 0) is 36.3 Å². The SMILES string of the molecule is CCc1cccc(COCC2CCCCC2)c1. The van der Waals surface area contributed by atoms with Gasteiger partial charge in [-0.15, -0.1) is 0 Å². The molecule has 1 nitrogen and oxygen atoms in total. The van der Waals surface area contributed by atoms with Crippen LogP contribution in [0.1, 0.15) is 50.2 Å². The van der Waals surface area contributed by atoms with E-state index in [9.17, 15) is 0 Å². The maximum absolute atomic E-state index is 5.86. The molecule has 1 aromatic rings. The summed E-state index contributed by atoms with van der Waals surface area (Å²) in [5.74, 6) is 0.818. The molecule has 1 saturated carbocycles. The molecule has 1 heteroatoms. The lowest BCUT2D eigenvalue weighted by Gasteiger charge is -2.21. The van der Waals surface area contributed by atoms with Gasteiger partial charge < -0.3 is 4.74 Å². The van der Waals surface area contributed by atoms with Crippen LogP contribution in [0.15, 0.2) is 24.3 Å². The Morgan fingerprint density at radius 3 is 2.65 bits per heavy atom. The second-order valence-corrected chi connectivity index (χ2v) is 5.19. The van der Waals surface area contributed by atoms with Crippen molar-refractivity contribution in [2.75, 3.05) is 6.61 Å². The quantitative estimate of drug-likeness (QED) is 0.733. The van der Waals surface area contributed by atoms with Crippen molar-refractivity contribution < 1.29 is 4.74 Å².